The molecule has 36 heavy (non-hydrogen) atoms. The standard InChI is InChI=1S/C32H46O4/c1-21(33)27-19-25(31(3,4)5)17-23(29(27)35-9)15-13-11-12-14-16-24-18-26(32(6,7)8)20-28(22(2)34)30(24)36-10/h17-20H,11-16H2,1-10H3. The summed E-state index contributed by atoms with van der Waals surface area (Å²) in [6.45, 7) is 16.2. The molecule has 0 saturated heterocycles. The van der Waals surface area contributed by atoms with Crippen LogP contribution >= 0.6 is 0 Å². The van der Waals surface area contributed by atoms with Gasteiger partial charge in [-0.2, -0.15) is 0 Å². The fourth-order valence-electron chi connectivity index (χ4n) is 4.60. The number of aryl methyl sites for hydroxylation is 2. The van der Waals surface area contributed by atoms with Gasteiger partial charge in [0.2, 0.25) is 0 Å². The predicted molar refractivity (Wildman–Crippen MR) is 149 cm³/mol. The molecule has 0 aliphatic rings. The van der Waals surface area contributed by atoms with Gasteiger partial charge in [0.15, 0.2) is 11.6 Å². The minimum absolute atomic E-state index is 0.0371. The number of unbranched alkanes of at least 4 members (excludes halogenated alkanes) is 3. The number of Topliss-reactive ketones (excluding diaryl/α,β-unsaturated/α-hetero) is 2. The van der Waals surface area contributed by atoms with Crippen molar-refractivity contribution in [1.29, 1.82) is 0 Å². The molecule has 0 unspecified atom stereocenters. The van der Waals surface area contributed by atoms with Crippen molar-refractivity contribution in [2.75, 3.05) is 14.2 Å². The third-order valence-electron chi connectivity index (χ3n) is 6.87. The minimum Gasteiger partial charge on any atom is -0.496 e. The molecule has 0 amide bonds. The summed E-state index contributed by atoms with van der Waals surface area (Å²) in [6.07, 6.45) is 5.98. The van der Waals surface area contributed by atoms with Crippen molar-refractivity contribution in [3.8, 4) is 11.5 Å². The van der Waals surface area contributed by atoms with E-state index in [0.717, 1.165) is 72.3 Å². The lowest BCUT2D eigenvalue weighted by atomic mass is 9.83. The Morgan fingerprint density at radius 1 is 0.611 bits per heavy atom. The van der Waals surface area contributed by atoms with E-state index >= 15 is 0 Å². The largest absolute Gasteiger partial charge is 0.496 e. The topological polar surface area (TPSA) is 52.6 Å². The molecular formula is C32H46O4. The number of benzene rings is 2. The second-order valence-electron chi connectivity index (χ2n) is 12.0. The lowest BCUT2D eigenvalue weighted by Crippen LogP contribution is -2.14. The summed E-state index contributed by atoms with van der Waals surface area (Å²) in [4.78, 5) is 24.6. The van der Waals surface area contributed by atoms with E-state index in [1.165, 1.54) is 0 Å². The van der Waals surface area contributed by atoms with E-state index in [1.807, 2.05) is 12.1 Å². The van der Waals surface area contributed by atoms with E-state index in [-0.39, 0.29) is 22.4 Å². The molecule has 0 fully saturated rings. The van der Waals surface area contributed by atoms with Crippen LogP contribution in [0.1, 0.15) is 124 Å². The van der Waals surface area contributed by atoms with Crippen LogP contribution in [0.5, 0.6) is 11.5 Å². The summed E-state index contributed by atoms with van der Waals surface area (Å²) in [6, 6.07) is 8.38. The maximum Gasteiger partial charge on any atom is 0.163 e. The SMILES string of the molecule is COc1c(CCCCCCc2cc(C(C)(C)C)cc(C(C)=O)c2OC)cc(C(C)(C)C)cc1C(C)=O. The molecule has 0 spiro atoms. The van der Waals surface area contributed by atoms with Crippen molar-refractivity contribution in [1.82, 2.24) is 0 Å². The average molecular weight is 495 g/mol. The highest BCUT2D eigenvalue weighted by molar-refractivity contribution is 5.98. The van der Waals surface area contributed by atoms with Gasteiger partial charge in [0.25, 0.3) is 0 Å². The van der Waals surface area contributed by atoms with Crippen LogP contribution < -0.4 is 9.47 Å². The normalized spacial score (nSPS) is 11.9. The average Bonchev–Trinajstić information content (AvgIpc) is 2.78. The second-order valence-corrected chi connectivity index (χ2v) is 12.0. The van der Waals surface area contributed by atoms with Gasteiger partial charge < -0.3 is 9.47 Å². The van der Waals surface area contributed by atoms with Crippen LogP contribution in [0.3, 0.4) is 0 Å². The van der Waals surface area contributed by atoms with E-state index in [2.05, 4.69) is 53.7 Å². The molecule has 0 aliphatic carbocycles. The highest BCUT2D eigenvalue weighted by Gasteiger charge is 2.22. The molecule has 0 aromatic heterocycles. The fraction of sp³-hybridized carbons (Fsp3) is 0.562. The van der Waals surface area contributed by atoms with Crippen LogP contribution in [0.4, 0.5) is 0 Å². The van der Waals surface area contributed by atoms with Gasteiger partial charge in [0, 0.05) is 0 Å². The van der Waals surface area contributed by atoms with Gasteiger partial charge in [0.05, 0.1) is 25.3 Å². The van der Waals surface area contributed by atoms with Crippen LogP contribution in [0.25, 0.3) is 0 Å². The van der Waals surface area contributed by atoms with Crippen molar-refractivity contribution < 1.29 is 19.1 Å². The first-order valence-corrected chi connectivity index (χ1v) is 13.1. The highest BCUT2D eigenvalue weighted by atomic mass is 16.5. The first kappa shape index (κ1) is 29.6. The number of carbonyl (C=O) groups is 2. The van der Waals surface area contributed by atoms with Gasteiger partial charge in [-0.25, -0.2) is 0 Å². The van der Waals surface area contributed by atoms with Gasteiger partial charge in [-0.3, -0.25) is 9.59 Å². The number of hydrogen-bond acceptors (Lipinski definition) is 4. The first-order valence-electron chi connectivity index (χ1n) is 13.1. The van der Waals surface area contributed by atoms with Crippen molar-refractivity contribution in [2.24, 2.45) is 0 Å². The van der Waals surface area contributed by atoms with E-state index in [4.69, 9.17) is 9.47 Å². The minimum atomic E-state index is -0.0371. The zero-order chi connectivity index (χ0) is 27.3. The molecule has 2 aromatic rings. The van der Waals surface area contributed by atoms with Crippen molar-refractivity contribution in [3.63, 3.8) is 0 Å². The Morgan fingerprint density at radius 2 is 0.944 bits per heavy atom. The van der Waals surface area contributed by atoms with E-state index in [9.17, 15) is 9.59 Å². The Bertz CT molecular complexity index is 993. The number of ketones is 2. The number of rotatable bonds is 11. The molecule has 2 aromatic carbocycles. The molecule has 0 atom stereocenters. The summed E-state index contributed by atoms with van der Waals surface area (Å²) in [5, 5.41) is 0. The molecule has 0 aliphatic heterocycles. The van der Waals surface area contributed by atoms with Crippen LogP contribution in [-0.4, -0.2) is 25.8 Å². The molecule has 0 heterocycles. The second kappa shape index (κ2) is 12.1. The molecule has 0 saturated carbocycles. The molecule has 2 rings (SSSR count). The molecule has 4 nitrogen and oxygen atoms in total. The van der Waals surface area contributed by atoms with Crippen molar-refractivity contribution >= 4 is 11.6 Å². The molecule has 198 valence electrons. The van der Waals surface area contributed by atoms with Crippen LogP contribution in [0.15, 0.2) is 24.3 Å². The van der Waals surface area contributed by atoms with Crippen LogP contribution in [0, 0.1) is 0 Å². The summed E-state index contributed by atoms with van der Waals surface area (Å²) in [7, 11) is 3.30. The van der Waals surface area contributed by atoms with Crippen LogP contribution in [0.2, 0.25) is 0 Å². The fourth-order valence-corrected chi connectivity index (χ4v) is 4.60. The van der Waals surface area contributed by atoms with E-state index in [1.54, 1.807) is 28.1 Å². The van der Waals surface area contributed by atoms with Crippen molar-refractivity contribution in [2.45, 2.75) is 105 Å². The monoisotopic (exact) mass is 494 g/mol. The summed E-state index contributed by atoms with van der Waals surface area (Å²) in [5.41, 5.74) is 5.82. The first-order chi connectivity index (χ1) is 16.7. The van der Waals surface area contributed by atoms with E-state index in [0.29, 0.717) is 11.1 Å². The predicted octanol–water partition coefficient (Wildman–Crippen LogP) is 8.05. The molecule has 4 heteroatoms. The van der Waals surface area contributed by atoms with Gasteiger partial charge >= 0.3 is 0 Å². The highest BCUT2D eigenvalue weighted by Crippen LogP contribution is 2.35. The molecule has 0 N–H and O–H groups in total. The number of ether oxygens (including phenoxy) is 2. The summed E-state index contributed by atoms with van der Waals surface area (Å²) in [5.74, 6) is 1.51. The Balaban J connectivity index is 2.10. The summed E-state index contributed by atoms with van der Waals surface area (Å²) >= 11 is 0. The quantitative estimate of drug-likeness (QED) is 0.234. The zero-order valence-corrected chi connectivity index (χ0v) is 24.2. The number of hydrogen-bond donors (Lipinski definition) is 0. The Kier molecular flexibility index (Phi) is 9.93. The Morgan fingerprint density at radius 3 is 1.19 bits per heavy atom. The molecule has 0 radical (unpaired) electrons. The smallest absolute Gasteiger partial charge is 0.163 e. The van der Waals surface area contributed by atoms with Crippen molar-refractivity contribution in [3.05, 3.63) is 57.6 Å². The Hall–Kier alpha value is -2.62. The van der Waals surface area contributed by atoms with Gasteiger partial charge in [-0.15, -0.1) is 0 Å². The summed E-state index contributed by atoms with van der Waals surface area (Å²) < 4.78 is 11.3. The van der Waals surface area contributed by atoms with Gasteiger partial charge in [-0.1, -0.05) is 66.5 Å². The lowest BCUT2D eigenvalue weighted by Gasteiger charge is -2.23. The third kappa shape index (κ3) is 7.44. The number of methoxy groups -OCH3 is 2. The zero-order valence-electron chi connectivity index (χ0n) is 24.2. The van der Waals surface area contributed by atoms with Gasteiger partial charge in [-0.05, 0) is 84.7 Å². The molecule has 0 bridgehead atoms. The van der Waals surface area contributed by atoms with E-state index < -0.39 is 0 Å². The maximum absolute atomic E-state index is 12.3. The Labute approximate surface area is 218 Å². The third-order valence-corrected chi connectivity index (χ3v) is 6.87. The lowest BCUT2D eigenvalue weighted by molar-refractivity contribution is 0.100. The number of carbonyl (C=O) groups excluding carboxylic acids is 2. The van der Waals surface area contributed by atoms with Crippen LogP contribution in [-0.2, 0) is 23.7 Å². The molecular weight excluding hydrogens is 448 g/mol. The maximum atomic E-state index is 12.3. The van der Waals surface area contributed by atoms with Gasteiger partial charge in [0.1, 0.15) is 11.5 Å².